The normalized spacial score (nSPS) is 17.6. The minimum Gasteiger partial charge on any atom is -0.491 e. The van der Waals surface area contributed by atoms with E-state index >= 15 is 0 Å². The van der Waals surface area contributed by atoms with Crippen molar-refractivity contribution in [3.63, 3.8) is 0 Å². The molecule has 0 saturated carbocycles. The Morgan fingerprint density at radius 2 is 2.21 bits per heavy atom. The van der Waals surface area contributed by atoms with E-state index in [9.17, 15) is 4.39 Å². The monoisotopic (exact) mass is 420 g/mol. The summed E-state index contributed by atoms with van der Waals surface area (Å²) in [6, 6.07) is 4.97. The average molecular weight is 421 g/mol. The molecule has 1 atom stereocenters. The minimum absolute atomic E-state index is 0.139. The fraction of sp³-hybridized carbons (Fsp3) is 0.591. The maximum Gasteiger partial charge on any atom is 0.187 e. The lowest BCUT2D eigenvalue weighted by Crippen LogP contribution is -2.42. The van der Waals surface area contributed by atoms with Crippen LogP contribution in [0.1, 0.15) is 52.1 Å². The van der Waals surface area contributed by atoms with Crippen molar-refractivity contribution >= 4 is 22.2 Å². The second-order valence-corrected chi connectivity index (χ2v) is 9.37. The van der Waals surface area contributed by atoms with E-state index in [2.05, 4.69) is 41.4 Å². The summed E-state index contributed by atoms with van der Waals surface area (Å²) in [6.45, 7) is 9.77. The summed E-state index contributed by atoms with van der Waals surface area (Å²) in [4.78, 5) is 7.06. The van der Waals surface area contributed by atoms with E-state index in [1.807, 2.05) is 6.07 Å². The lowest BCUT2D eigenvalue weighted by molar-refractivity contribution is 0.274. The molecule has 1 fully saturated rings. The molecule has 1 aromatic heterocycles. The number of hydrogen-bond acceptors (Lipinski definition) is 6. The molecule has 1 unspecified atom stereocenters. The summed E-state index contributed by atoms with van der Waals surface area (Å²) in [5, 5.41) is 6.03. The fourth-order valence-corrected chi connectivity index (χ4v) is 4.32. The van der Waals surface area contributed by atoms with Crippen LogP contribution >= 0.6 is 11.3 Å². The van der Waals surface area contributed by atoms with Gasteiger partial charge in [0, 0.05) is 35.8 Å². The molecule has 1 saturated heterocycles. The van der Waals surface area contributed by atoms with E-state index in [0.29, 0.717) is 24.0 Å². The molecule has 2 heterocycles. The van der Waals surface area contributed by atoms with Gasteiger partial charge in [-0.2, -0.15) is 0 Å². The van der Waals surface area contributed by atoms with Gasteiger partial charge in [-0.3, -0.25) is 4.90 Å². The molecule has 1 aromatic carbocycles. The predicted octanol–water partition coefficient (Wildman–Crippen LogP) is 5.15. The van der Waals surface area contributed by atoms with Gasteiger partial charge < -0.3 is 15.8 Å². The maximum absolute atomic E-state index is 14.3. The number of hydrogen-bond donors (Lipinski definition) is 2. The summed E-state index contributed by atoms with van der Waals surface area (Å²) in [6.07, 6.45) is 4.28. The summed E-state index contributed by atoms with van der Waals surface area (Å²) in [5.74, 6) is 0.470. The number of nitrogens with one attached hydrogen (secondary N) is 1. The van der Waals surface area contributed by atoms with Gasteiger partial charge in [-0.15, -0.1) is 11.3 Å². The minimum atomic E-state index is -0.351. The smallest absolute Gasteiger partial charge is 0.187 e. The van der Waals surface area contributed by atoms with Gasteiger partial charge in [0.05, 0.1) is 12.3 Å². The Labute approximate surface area is 177 Å². The Hall–Kier alpha value is -1.70. The van der Waals surface area contributed by atoms with Gasteiger partial charge in [0.1, 0.15) is 0 Å². The molecule has 5 nitrogen and oxygen atoms in total. The lowest BCUT2D eigenvalue weighted by Gasteiger charge is -2.26. The Bertz CT molecular complexity index is 789. The first-order chi connectivity index (χ1) is 13.8. The van der Waals surface area contributed by atoms with Crippen LogP contribution < -0.4 is 15.8 Å². The van der Waals surface area contributed by atoms with Crippen molar-refractivity contribution in [2.24, 2.45) is 11.7 Å². The van der Waals surface area contributed by atoms with Gasteiger partial charge in [-0.05, 0) is 51.3 Å². The van der Waals surface area contributed by atoms with Gasteiger partial charge in [0.25, 0.3) is 0 Å². The van der Waals surface area contributed by atoms with Crippen LogP contribution in [0.4, 0.5) is 15.2 Å². The molecule has 1 aliphatic rings. The zero-order chi connectivity index (χ0) is 20.9. The predicted molar refractivity (Wildman–Crippen MR) is 118 cm³/mol. The Morgan fingerprint density at radius 3 is 2.90 bits per heavy atom. The van der Waals surface area contributed by atoms with Crippen molar-refractivity contribution in [1.29, 1.82) is 0 Å². The number of anilines is 2. The Morgan fingerprint density at radius 1 is 1.38 bits per heavy atom. The molecule has 0 radical (unpaired) electrons. The van der Waals surface area contributed by atoms with Crippen LogP contribution in [0.15, 0.2) is 23.6 Å². The van der Waals surface area contributed by atoms with Gasteiger partial charge in [-0.1, -0.05) is 19.8 Å². The molecule has 29 heavy (non-hydrogen) atoms. The van der Waals surface area contributed by atoms with Crippen LogP contribution in [0.5, 0.6) is 5.75 Å². The molecular weight excluding hydrogens is 387 g/mol. The number of benzene rings is 1. The number of rotatable bonds is 10. The van der Waals surface area contributed by atoms with Crippen molar-refractivity contribution in [3.05, 3.63) is 35.1 Å². The highest BCUT2D eigenvalue weighted by Crippen LogP contribution is 2.29. The van der Waals surface area contributed by atoms with E-state index in [1.54, 1.807) is 6.07 Å². The third-order valence-corrected chi connectivity index (χ3v) is 6.26. The molecule has 160 valence electrons. The quantitative estimate of drug-likeness (QED) is 0.520. The third-order valence-electron chi connectivity index (χ3n) is 5.45. The molecule has 0 aliphatic carbocycles. The van der Waals surface area contributed by atoms with Gasteiger partial charge >= 0.3 is 0 Å². The standard InChI is InChI=1S/C22H33FN4OS/c1-4-5-6-11-28-20-8-7-17(12-19(20)23)25-21-26-18(15-29-21)14-27-10-9-16(13-27)22(2,3)24/h7-8,12,15-16H,4-6,9-11,13-14,24H2,1-3H3,(H,25,26). The average Bonchev–Trinajstić information content (AvgIpc) is 3.30. The van der Waals surface area contributed by atoms with Gasteiger partial charge in [0.2, 0.25) is 0 Å². The van der Waals surface area contributed by atoms with Crippen molar-refractivity contribution in [1.82, 2.24) is 9.88 Å². The molecule has 3 rings (SSSR count). The number of thiazole rings is 1. The van der Waals surface area contributed by atoms with Crippen molar-refractivity contribution in [2.45, 2.75) is 58.5 Å². The number of aromatic nitrogens is 1. The molecule has 1 aliphatic heterocycles. The molecule has 0 amide bonds. The number of nitrogens with two attached hydrogens (primary N) is 1. The first-order valence-electron chi connectivity index (χ1n) is 10.5. The largest absolute Gasteiger partial charge is 0.491 e. The van der Waals surface area contributed by atoms with Crippen LogP contribution in [0.3, 0.4) is 0 Å². The summed E-state index contributed by atoms with van der Waals surface area (Å²) >= 11 is 1.54. The second kappa shape index (κ2) is 9.87. The number of nitrogens with zero attached hydrogens (tertiary/aromatic N) is 2. The van der Waals surface area contributed by atoms with Crippen molar-refractivity contribution in [2.75, 3.05) is 25.0 Å². The molecule has 0 bridgehead atoms. The van der Waals surface area contributed by atoms with Crippen LogP contribution in [0.2, 0.25) is 0 Å². The van der Waals surface area contributed by atoms with E-state index in [-0.39, 0.29) is 11.4 Å². The van der Waals surface area contributed by atoms with Crippen molar-refractivity contribution in [3.8, 4) is 5.75 Å². The SMILES string of the molecule is CCCCCOc1ccc(Nc2nc(CN3CCC(C(C)(C)N)C3)cs2)cc1F. The molecule has 0 spiro atoms. The maximum atomic E-state index is 14.3. The van der Waals surface area contributed by atoms with E-state index in [1.165, 1.54) is 17.4 Å². The fourth-order valence-electron chi connectivity index (χ4n) is 3.60. The highest BCUT2D eigenvalue weighted by molar-refractivity contribution is 7.13. The third kappa shape index (κ3) is 6.39. The second-order valence-electron chi connectivity index (χ2n) is 8.51. The first kappa shape index (κ1) is 22.0. The summed E-state index contributed by atoms with van der Waals surface area (Å²) in [7, 11) is 0. The topological polar surface area (TPSA) is 63.4 Å². The van der Waals surface area contributed by atoms with Crippen LogP contribution in [-0.2, 0) is 6.54 Å². The molecule has 2 aromatic rings. The zero-order valence-electron chi connectivity index (χ0n) is 17.7. The van der Waals surface area contributed by atoms with Crippen LogP contribution in [0, 0.1) is 11.7 Å². The highest BCUT2D eigenvalue weighted by atomic mass is 32.1. The van der Waals surface area contributed by atoms with Crippen LogP contribution in [-0.4, -0.2) is 35.1 Å². The number of unbranched alkanes of at least 4 members (excludes halogenated alkanes) is 2. The summed E-state index contributed by atoms with van der Waals surface area (Å²) < 4.78 is 19.8. The molecule has 3 N–H and O–H groups in total. The Balaban J connectivity index is 1.52. The zero-order valence-corrected chi connectivity index (χ0v) is 18.5. The van der Waals surface area contributed by atoms with Gasteiger partial charge in [0.15, 0.2) is 16.7 Å². The highest BCUT2D eigenvalue weighted by Gasteiger charge is 2.32. The van der Waals surface area contributed by atoms with Crippen LogP contribution in [0.25, 0.3) is 0 Å². The van der Waals surface area contributed by atoms with E-state index in [4.69, 9.17) is 10.5 Å². The van der Waals surface area contributed by atoms with E-state index < -0.39 is 0 Å². The number of ether oxygens (including phenoxy) is 1. The number of halogens is 1. The number of likely N-dealkylation sites (tertiary alicyclic amines) is 1. The first-order valence-corrected chi connectivity index (χ1v) is 11.4. The van der Waals surface area contributed by atoms with Gasteiger partial charge in [-0.25, -0.2) is 9.37 Å². The van der Waals surface area contributed by atoms with Crippen molar-refractivity contribution < 1.29 is 9.13 Å². The lowest BCUT2D eigenvalue weighted by atomic mass is 9.88. The van der Waals surface area contributed by atoms with E-state index in [0.717, 1.165) is 56.1 Å². The molecule has 7 heteroatoms. The Kier molecular flexibility index (Phi) is 7.49. The molecular formula is C22H33FN4OS. The summed E-state index contributed by atoms with van der Waals surface area (Å²) in [5.41, 5.74) is 7.83.